The first-order valence-corrected chi connectivity index (χ1v) is 4.80. The number of hydrogen-bond donors (Lipinski definition) is 1. The fourth-order valence-electron chi connectivity index (χ4n) is 0.939. The van der Waals surface area contributed by atoms with E-state index in [9.17, 15) is 0 Å². The monoisotopic (exact) mass is 173 g/mol. The SMILES string of the molecule is C=C(CS)CN(C)CCCC. The Morgan fingerprint density at radius 3 is 2.64 bits per heavy atom. The molecule has 0 aromatic rings. The summed E-state index contributed by atoms with van der Waals surface area (Å²) < 4.78 is 0. The quantitative estimate of drug-likeness (QED) is 0.476. The lowest BCUT2D eigenvalue weighted by molar-refractivity contribution is 0.355. The van der Waals surface area contributed by atoms with Crippen molar-refractivity contribution >= 4 is 12.6 Å². The molecule has 2 heteroatoms. The zero-order valence-electron chi connectivity index (χ0n) is 7.64. The van der Waals surface area contributed by atoms with Gasteiger partial charge in [0, 0.05) is 12.3 Å². The van der Waals surface area contributed by atoms with Crippen molar-refractivity contribution in [2.45, 2.75) is 19.8 Å². The lowest BCUT2D eigenvalue weighted by Crippen LogP contribution is -2.22. The van der Waals surface area contributed by atoms with E-state index in [1.165, 1.54) is 25.0 Å². The molecule has 11 heavy (non-hydrogen) atoms. The first-order chi connectivity index (χ1) is 5.20. The summed E-state index contributed by atoms with van der Waals surface area (Å²) in [5.41, 5.74) is 1.20. The van der Waals surface area contributed by atoms with Crippen LogP contribution in [0.15, 0.2) is 12.2 Å². The summed E-state index contributed by atoms with van der Waals surface area (Å²) in [5, 5.41) is 0. The molecule has 0 bridgehead atoms. The molecular weight excluding hydrogens is 154 g/mol. The van der Waals surface area contributed by atoms with Crippen molar-refractivity contribution in [3.63, 3.8) is 0 Å². The molecule has 0 aliphatic rings. The van der Waals surface area contributed by atoms with Gasteiger partial charge in [-0.15, -0.1) is 0 Å². The predicted molar refractivity (Wildman–Crippen MR) is 55.4 cm³/mol. The van der Waals surface area contributed by atoms with Crippen molar-refractivity contribution in [1.82, 2.24) is 4.90 Å². The Labute approximate surface area is 75.9 Å². The second kappa shape index (κ2) is 6.74. The molecule has 0 saturated carbocycles. The lowest BCUT2D eigenvalue weighted by Gasteiger charge is -2.16. The van der Waals surface area contributed by atoms with E-state index < -0.39 is 0 Å². The highest BCUT2D eigenvalue weighted by Gasteiger charge is 1.97. The molecule has 0 heterocycles. The van der Waals surface area contributed by atoms with Gasteiger partial charge in [0.2, 0.25) is 0 Å². The average molecular weight is 173 g/mol. The standard InChI is InChI=1S/C9H19NS/c1-4-5-6-10(3)7-9(2)8-11/h11H,2,4-8H2,1,3H3. The normalized spacial score (nSPS) is 10.5. The van der Waals surface area contributed by atoms with E-state index in [4.69, 9.17) is 0 Å². The van der Waals surface area contributed by atoms with E-state index in [1.54, 1.807) is 0 Å². The predicted octanol–water partition coefficient (Wildman–Crippen LogP) is 2.20. The van der Waals surface area contributed by atoms with Crippen LogP contribution in [0, 0.1) is 0 Å². The highest BCUT2D eigenvalue weighted by atomic mass is 32.1. The minimum atomic E-state index is 0.802. The largest absolute Gasteiger partial charge is 0.302 e. The highest BCUT2D eigenvalue weighted by molar-refractivity contribution is 7.80. The molecule has 0 spiro atoms. The van der Waals surface area contributed by atoms with E-state index in [1.807, 2.05) is 0 Å². The lowest BCUT2D eigenvalue weighted by atomic mass is 10.3. The van der Waals surface area contributed by atoms with Gasteiger partial charge in [-0.05, 0) is 20.0 Å². The second-order valence-corrected chi connectivity index (χ2v) is 3.32. The van der Waals surface area contributed by atoms with Crippen LogP contribution in [-0.4, -0.2) is 30.8 Å². The van der Waals surface area contributed by atoms with Gasteiger partial charge in [0.1, 0.15) is 0 Å². The van der Waals surface area contributed by atoms with E-state index in [-0.39, 0.29) is 0 Å². The van der Waals surface area contributed by atoms with E-state index in [0.29, 0.717) is 0 Å². The summed E-state index contributed by atoms with van der Waals surface area (Å²) in [5.74, 6) is 0.802. The van der Waals surface area contributed by atoms with Gasteiger partial charge in [0.15, 0.2) is 0 Å². The van der Waals surface area contributed by atoms with Crippen molar-refractivity contribution in [2.75, 3.05) is 25.9 Å². The van der Waals surface area contributed by atoms with E-state index in [2.05, 4.69) is 38.1 Å². The Balaban J connectivity index is 3.35. The number of unbranched alkanes of at least 4 members (excludes halogenated alkanes) is 1. The fourth-order valence-corrected chi connectivity index (χ4v) is 1.04. The number of thiol groups is 1. The third kappa shape index (κ3) is 6.45. The van der Waals surface area contributed by atoms with Crippen LogP contribution in [0.25, 0.3) is 0 Å². The number of likely N-dealkylation sites (N-methyl/N-ethyl adjacent to an activating group) is 1. The molecular formula is C9H19NS. The summed E-state index contributed by atoms with van der Waals surface area (Å²) in [7, 11) is 2.13. The molecule has 0 N–H and O–H groups in total. The number of hydrogen-bond acceptors (Lipinski definition) is 2. The fraction of sp³-hybridized carbons (Fsp3) is 0.778. The van der Waals surface area contributed by atoms with Crippen LogP contribution in [0.2, 0.25) is 0 Å². The van der Waals surface area contributed by atoms with Crippen LogP contribution in [0.3, 0.4) is 0 Å². The topological polar surface area (TPSA) is 3.24 Å². The maximum absolute atomic E-state index is 4.15. The molecule has 0 aromatic carbocycles. The molecule has 0 fully saturated rings. The minimum Gasteiger partial charge on any atom is -0.302 e. The van der Waals surface area contributed by atoms with Gasteiger partial charge in [-0.3, -0.25) is 0 Å². The van der Waals surface area contributed by atoms with Gasteiger partial charge in [0.05, 0.1) is 0 Å². The highest BCUT2D eigenvalue weighted by Crippen LogP contribution is 1.98. The summed E-state index contributed by atoms with van der Waals surface area (Å²) in [6, 6.07) is 0. The van der Waals surface area contributed by atoms with Gasteiger partial charge >= 0.3 is 0 Å². The summed E-state index contributed by atoms with van der Waals surface area (Å²) in [4.78, 5) is 2.29. The second-order valence-electron chi connectivity index (χ2n) is 3.00. The van der Waals surface area contributed by atoms with Crippen LogP contribution in [0.5, 0.6) is 0 Å². The number of nitrogens with zero attached hydrogens (tertiary/aromatic N) is 1. The van der Waals surface area contributed by atoms with E-state index in [0.717, 1.165) is 12.3 Å². The molecule has 0 saturated heterocycles. The van der Waals surface area contributed by atoms with Crippen LogP contribution in [-0.2, 0) is 0 Å². The van der Waals surface area contributed by atoms with Gasteiger partial charge in [-0.25, -0.2) is 0 Å². The zero-order chi connectivity index (χ0) is 8.69. The molecule has 0 aliphatic heterocycles. The summed E-state index contributed by atoms with van der Waals surface area (Å²) in [6.07, 6.45) is 2.54. The van der Waals surface area contributed by atoms with Crippen LogP contribution in [0.4, 0.5) is 0 Å². The zero-order valence-corrected chi connectivity index (χ0v) is 8.53. The molecule has 0 aromatic heterocycles. The Morgan fingerprint density at radius 2 is 2.18 bits per heavy atom. The third-order valence-corrected chi connectivity index (χ3v) is 2.06. The van der Waals surface area contributed by atoms with Crippen molar-refractivity contribution in [2.24, 2.45) is 0 Å². The maximum Gasteiger partial charge on any atom is 0.0195 e. The molecule has 0 amide bonds. The van der Waals surface area contributed by atoms with Crippen molar-refractivity contribution < 1.29 is 0 Å². The van der Waals surface area contributed by atoms with Gasteiger partial charge in [0.25, 0.3) is 0 Å². The average Bonchev–Trinajstić information content (AvgIpc) is 2.00. The molecule has 0 unspecified atom stereocenters. The van der Waals surface area contributed by atoms with Gasteiger partial charge in [-0.1, -0.05) is 25.5 Å². The minimum absolute atomic E-state index is 0.802. The molecule has 0 rings (SSSR count). The summed E-state index contributed by atoms with van der Waals surface area (Å²) >= 11 is 4.15. The molecule has 0 aliphatic carbocycles. The van der Waals surface area contributed by atoms with Crippen molar-refractivity contribution in [3.8, 4) is 0 Å². The Morgan fingerprint density at radius 1 is 1.55 bits per heavy atom. The molecule has 0 radical (unpaired) electrons. The van der Waals surface area contributed by atoms with E-state index >= 15 is 0 Å². The van der Waals surface area contributed by atoms with Crippen LogP contribution < -0.4 is 0 Å². The maximum atomic E-state index is 4.15. The van der Waals surface area contributed by atoms with Gasteiger partial charge in [-0.2, -0.15) is 12.6 Å². The van der Waals surface area contributed by atoms with Crippen molar-refractivity contribution in [3.05, 3.63) is 12.2 Å². The third-order valence-electron chi connectivity index (χ3n) is 1.61. The Bertz CT molecular complexity index is 112. The number of rotatable bonds is 6. The molecule has 1 nitrogen and oxygen atoms in total. The van der Waals surface area contributed by atoms with Crippen LogP contribution in [0.1, 0.15) is 19.8 Å². The Kier molecular flexibility index (Phi) is 6.77. The smallest absolute Gasteiger partial charge is 0.0195 e. The van der Waals surface area contributed by atoms with Crippen LogP contribution >= 0.6 is 12.6 Å². The first-order valence-electron chi connectivity index (χ1n) is 4.16. The summed E-state index contributed by atoms with van der Waals surface area (Å²) in [6.45, 7) is 8.27. The molecule has 0 atom stereocenters. The Hall–Kier alpha value is 0.0500. The molecule has 66 valence electrons. The van der Waals surface area contributed by atoms with Crippen molar-refractivity contribution in [1.29, 1.82) is 0 Å². The first kappa shape index (κ1) is 11.1. The van der Waals surface area contributed by atoms with Gasteiger partial charge < -0.3 is 4.90 Å².